The van der Waals surface area contributed by atoms with E-state index < -0.39 is 11.6 Å². The summed E-state index contributed by atoms with van der Waals surface area (Å²) in [6, 6.07) is -0.546. The van der Waals surface area contributed by atoms with E-state index in [1.807, 2.05) is 4.90 Å². The van der Waals surface area contributed by atoms with Crippen molar-refractivity contribution < 1.29 is 14.7 Å². The first kappa shape index (κ1) is 14.3. The third kappa shape index (κ3) is 3.26. The Morgan fingerprint density at radius 3 is 2.26 bits per heavy atom. The lowest BCUT2D eigenvalue weighted by Crippen LogP contribution is -2.53. The number of hydrogen-bond acceptors (Lipinski definition) is 3. The van der Waals surface area contributed by atoms with Crippen molar-refractivity contribution in [1.29, 1.82) is 0 Å². The van der Waals surface area contributed by atoms with Crippen LogP contribution >= 0.6 is 0 Å². The van der Waals surface area contributed by atoms with Gasteiger partial charge in [-0.2, -0.15) is 0 Å². The SMILES string of the molecule is C[C@H](NC(=O)C1(O)CCCC1)C(=O)N1CCCCC1. The van der Waals surface area contributed by atoms with Gasteiger partial charge in [0.15, 0.2) is 0 Å². The van der Waals surface area contributed by atoms with Crippen LogP contribution in [0, 0.1) is 0 Å². The Hall–Kier alpha value is -1.10. The molecule has 108 valence electrons. The van der Waals surface area contributed by atoms with Gasteiger partial charge in [0.05, 0.1) is 0 Å². The molecule has 2 N–H and O–H groups in total. The van der Waals surface area contributed by atoms with Gasteiger partial charge in [0.25, 0.3) is 5.91 Å². The van der Waals surface area contributed by atoms with Gasteiger partial charge in [-0.25, -0.2) is 0 Å². The minimum absolute atomic E-state index is 0.0327. The van der Waals surface area contributed by atoms with Crippen LogP contribution in [0.15, 0.2) is 0 Å². The molecule has 0 bridgehead atoms. The molecule has 1 saturated heterocycles. The molecule has 0 radical (unpaired) electrons. The topological polar surface area (TPSA) is 69.6 Å². The Bertz CT molecular complexity index is 345. The van der Waals surface area contributed by atoms with Gasteiger partial charge in [-0.3, -0.25) is 9.59 Å². The van der Waals surface area contributed by atoms with Crippen molar-refractivity contribution in [3.8, 4) is 0 Å². The lowest BCUT2D eigenvalue weighted by atomic mass is 10.0. The van der Waals surface area contributed by atoms with Gasteiger partial charge < -0.3 is 15.3 Å². The largest absolute Gasteiger partial charge is 0.380 e. The van der Waals surface area contributed by atoms with Gasteiger partial charge in [0, 0.05) is 13.1 Å². The second-order valence-electron chi connectivity index (χ2n) is 5.82. The number of carbonyl (C=O) groups excluding carboxylic acids is 2. The minimum Gasteiger partial charge on any atom is -0.380 e. The highest BCUT2D eigenvalue weighted by molar-refractivity contribution is 5.91. The molecule has 0 unspecified atom stereocenters. The maximum atomic E-state index is 12.2. The van der Waals surface area contributed by atoms with E-state index in [1.165, 1.54) is 6.42 Å². The molecule has 2 aliphatic rings. The maximum Gasteiger partial charge on any atom is 0.252 e. The highest BCUT2D eigenvalue weighted by atomic mass is 16.3. The molecule has 5 heteroatoms. The fourth-order valence-electron chi connectivity index (χ4n) is 2.97. The molecule has 0 aromatic carbocycles. The maximum absolute atomic E-state index is 12.2. The van der Waals surface area contributed by atoms with Gasteiger partial charge in [0.1, 0.15) is 11.6 Å². The summed E-state index contributed by atoms with van der Waals surface area (Å²) in [4.78, 5) is 26.0. The minimum atomic E-state index is -1.25. The van der Waals surface area contributed by atoms with E-state index >= 15 is 0 Å². The Labute approximate surface area is 114 Å². The second kappa shape index (κ2) is 5.90. The predicted molar refractivity (Wildman–Crippen MR) is 71.5 cm³/mol. The second-order valence-corrected chi connectivity index (χ2v) is 5.82. The van der Waals surface area contributed by atoms with Crippen molar-refractivity contribution in [2.45, 2.75) is 63.5 Å². The first-order valence-corrected chi connectivity index (χ1v) is 7.35. The lowest BCUT2D eigenvalue weighted by molar-refractivity contribution is -0.144. The quantitative estimate of drug-likeness (QED) is 0.796. The van der Waals surface area contributed by atoms with Crippen molar-refractivity contribution in [3.05, 3.63) is 0 Å². The highest BCUT2D eigenvalue weighted by Crippen LogP contribution is 2.29. The number of rotatable bonds is 3. The van der Waals surface area contributed by atoms with Crippen LogP contribution < -0.4 is 5.32 Å². The third-order valence-corrected chi connectivity index (χ3v) is 4.24. The Balaban J connectivity index is 1.87. The summed E-state index contributed by atoms with van der Waals surface area (Å²) in [6.45, 7) is 3.26. The molecule has 19 heavy (non-hydrogen) atoms. The number of nitrogens with zero attached hydrogens (tertiary/aromatic N) is 1. The normalized spacial score (nSPS) is 24.0. The summed E-state index contributed by atoms with van der Waals surface area (Å²) in [7, 11) is 0. The number of amides is 2. The summed E-state index contributed by atoms with van der Waals surface area (Å²) < 4.78 is 0. The molecule has 0 aromatic heterocycles. The van der Waals surface area contributed by atoms with E-state index in [9.17, 15) is 14.7 Å². The molecule has 2 fully saturated rings. The molecule has 0 aromatic rings. The summed E-state index contributed by atoms with van der Waals surface area (Å²) in [5, 5.41) is 12.8. The summed E-state index contributed by atoms with van der Waals surface area (Å²) >= 11 is 0. The van der Waals surface area contributed by atoms with Crippen LogP contribution in [-0.2, 0) is 9.59 Å². The molecule has 2 amide bonds. The molecule has 1 saturated carbocycles. The predicted octanol–water partition coefficient (Wildman–Crippen LogP) is 0.809. The van der Waals surface area contributed by atoms with Gasteiger partial charge in [-0.05, 0) is 51.9 Å². The molecule has 2 rings (SSSR count). The summed E-state index contributed by atoms with van der Waals surface area (Å²) in [6.07, 6.45) is 6.00. The van der Waals surface area contributed by atoms with Gasteiger partial charge in [-0.15, -0.1) is 0 Å². The van der Waals surface area contributed by atoms with Crippen LogP contribution in [0.5, 0.6) is 0 Å². The number of piperidine rings is 1. The summed E-state index contributed by atoms with van der Waals surface area (Å²) in [5.41, 5.74) is -1.25. The first-order valence-electron chi connectivity index (χ1n) is 7.35. The van der Waals surface area contributed by atoms with Gasteiger partial charge in [-0.1, -0.05) is 0 Å². The Kier molecular flexibility index (Phi) is 4.45. The first-order chi connectivity index (χ1) is 9.03. The molecular formula is C14H24N2O3. The van der Waals surface area contributed by atoms with E-state index in [0.29, 0.717) is 12.8 Å². The van der Waals surface area contributed by atoms with E-state index in [2.05, 4.69) is 5.32 Å². The highest BCUT2D eigenvalue weighted by Gasteiger charge is 2.40. The smallest absolute Gasteiger partial charge is 0.252 e. The van der Waals surface area contributed by atoms with Crippen molar-refractivity contribution in [2.24, 2.45) is 0 Å². The number of aliphatic hydroxyl groups is 1. The number of likely N-dealkylation sites (tertiary alicyclic amines) is 1. The average Bonchev–Trinajstić information content (AvgIpc) is 2.87. The fourth-order valence-corrected chi connectivity index (χ4v) is 2.97. The van der Waals surface area contributed by atoms with Crippen molar-refractivity contribution >= 4 is 11.8 Å². The van der Waals surface area contributed by atoms with Crippen molar-refractivity contribution in [2.75, 3.05) is 13.1 Å². The van der Waals surface area contributed by atoms with Crippen LogP contribution in [0.4, 0.5) is 0 Å². The zero-order valence-electron chi connectivity index (χ0n) is 11.7. The van der Waals surface area contributed by atoms with E-state index in [4.69, 9.17) is 0 Å². The van der Waals surface area contributed by atoms with E-state index in [1.54, 1.807) is 6.92 Å². The average molecular weight is 268 g/mol. The Morgan fingerprint density at radius 2 is 1.68 bits per heavy atom. The number of hydrogen-bond donors (Lipinski definition) is 2. The van der Waals surface area contributed by atoms with Gasteiger partial charge >= 0.3 is 0 Å². The van der Waals surface area contributed by atoms with Crippen LogP contribution in [0.3, 0.4) is 0 Å². The van der Waals surface area contributed by atoms with Crippen LogP contribution in [0.1, 0.15) is 51.9 Å². The zero-order chi connectivity index (χ0) is 13.9. The Morgan fingerprint density at radius 1 is 1.11 bits per heavy atom. The lowest BCUT2D eigenvalue weighted by Gasteiger charge is -2.30. The molecule has 0 spiro atoms. The number of nitrogens with one attached hydrogen (secondary N) is 1. The summed E-state index contributed by atoms with van der Waals surface area (Å²) in [5.74, 6) is -0.419. The van der Waals surface area contributed by atoms with E-state index in [0.717, 1.165) is 38.8 Å². The number of carbonyl (C=O) groups is 2. The van der Waals surface area contributed by atoms with Crippen LogP contribution in [0.2, 0.25) is 0 Å². The monoisotopic (exact) mass is 268 g/mol. The molecular weight excluding hydrogens is 244 g/mol. The zero-order valence-corrected chi connectivity index (χ0v) is 11.7. The van der Waals surface area contributed by atoms with Crippen LogP contribution in [0.25, 0.3) is 0 Å². The van der Waals surface area contributed by atoms with Gasteiger partial charge in [0.2, 0.25) is 5.91 Å². The molecule has 1 aliphatic carbocycles. The van der Waals surface area contributed by atoms with Crippen molar-refractivity contribution in [1.82, 2.24) is 10.2 Å². The van der Waals surface area contributed by atoms with Crippen molar-refractivity contribution in [3.63, 3.8) is 0 Å². The molecule has 1 atom stereocenters. The van der Waals surface area contributed by atoms with E-state index in [-0.39, 0.29) is 11.8 Å². The molecule has 5 nitrogen and oxygen atoms in total. The van der Waals surface area contributed by atoms with Crippen LogP contribution in [-0.4, -0.2) is 46.6 Å². The third-order valence-electron chi connectivity index (χ3n) is 4.24. The molecule has 1 heterocycles. The standard InChI is InChI=1S/C14H24N2O3/c1-11(12(17)16-9-5-2-6-10-16)15-13(18)14(19)7-3-4-8-14/h11,19H,2-10H2,1H3,(H,15,18)/t11-/m0/s1. The fraction of sp³-hybridized carbons (Fsp3) is 0.857. The molecule has 1 aliphatic heterocycles.